The highest BCUT2D eigenvalue weighted by Crippen LogP contribution is 2.08. The van der Waals surface area contributed by atoms with Crippen LogP contribution in [0.1, 0.15) is 0 Å². The van der Waals surface area contributed by atoms with E-state index in [1.54, 1.807) is 0 Å². The van der Waals surface area contributed by atoms with Crippen LogP contribution < -0.4 is 10.7 Å². The summed E-state index contributed by atoms with van der Waals surface area (Å²) in [6, 6.07) is 0. The molecule has 0 aliphatic heterocycles. The van der Waals surface area contributed by atoms with E-state index in [-0.39, 0.29) is 0 Å². The van der Waals surface area contributed by atoms with Crippen LogP contribution in [0.2, 0.25) is 0 Å². The van der Waals surface area contributed by atoms with E-state index in [0.29, 0.717) is 17.0 Å². The Balaban J connectivity index is 2.95. The van der Waals surface area contributed by atoms with Gasteiger partial charge in [0.15, 0.2) is 0 Å². The van der Waals surface area contributed by atoms with Gasteiger partial charge in [-0.2, -0.15) is 0 Å². The normalized spacial score (nSPS) is 10.4. The van der Waals surface area contributed by atoms with E-state index in [4.69, 9.17) is 5.73 Å². The van der Waals surface area contributed by atoms with Crippen LogP contribution in [0, 0.1) is 0 Å². The van der Waals surface area contributed by atoms with Gasteiger partial charge >= 0.3 is 0 Å². The van der Waals surface area contributed by atoms with Gasteiger partial charge in [0.05, 0.1) is 0 Å². The third kappa shape index (κ3) is 0.540. The number of aromatic nitrogens is 4. The summed E-state index contributed by atoms with van der Waals surface area (Å²) in [6.07, 6.45) is 2.78. The van der Waals surface area contributed by atoms with Crippen LogP contribution >= 0.6 is 0 Å². The topological polar surface area (TPSA) is 78.8 Å². The average molecular weight is 134 g/mol. The van der Waals surface area contributed by atoms with Gasteiger partial charge in [0.25, 0.3) is 0 Å². The highest BCUT2D eigenvalue weighted by atomic mass is 15.0. The van der Waals surface area contributed by atoms with Crippen molar-refractivity contribution < 1.29 is 0 Å². The van der Waals surface area contributed by atoms with Gasteiger partial charge in [0.2, 0.25) is 0 Å². The zero-order chi connectivity index (χ0) is 6.97. The maximum absolute atomic E-state index is 5.45. The molecule has 0 aromatic carbocycles. The number of anilines is 1. The van der Waals surface area contributed by atoms with Crippen molar-refractivity contribution in [2.75, 3.05) is 5.73 Å². The molecule has 0 spiro atoms. The second-order valence-electron chi connectivity index (χ2n) is 1.80. The minimum atomic E-state index is 0.377. The fourth-order valence-electron chi connectivity index (χ4n) is 0.742. The highest BCUT2D eigenvalue weighted by molar-refractivity contribution is 5.80. The molecule has 0 saturated heterocycles. The summed E-state index contributed by atoms with van der Waals surface area (Å²) in [5.41, 5.74) is 6.57. The maximum atomic E-state index is 5.45. The van der Waals surface area contributed by atoms with Crippen LogP contribution in [0.5, 0.6) is 0 Å². The first-order valence-corrected chi connectivity index (χ1v) is 2.72. The number of fused-ring (bicyclic) bond motifs is 1. The van der Waals surface area contributed by atoms with Crippen molar-refractivity contribution in [2.45, 2.75) is 0 Å². The largest absolute Gasteiger partial charge is 0.383 e. The number of nitrogen functional groups attached to an aromatic ring is 1. The molecule has 0 saturated carbocycles. The van der Waals surface area contributed by atoms with Crippen molar-refractivity contribution in [3.63, 3.8) is 0 Å². The number of nitrogens with two attached hydrogens (primary N) is 1. The summed E-state index contributed by atoms with van der Waals surface area (Å²) in [5, 5.41) is 0. The molecule has 2 aromatic heterocycles. The number of imidazole rings is 1. The van der Waals surface area contributed by atoms with Gasteiger partial charge in [-0.3, -0.25) is 0 Å². The lowest BCUT2D eigenvalue weighted by atomic mass is 10.5. The van der Waals surface area contributed by atoms with Crippen LogP contribution in [0.4, 0.5) is 5.82 Å². The lowest BCUT2D eigenvalue weighted by Crippen LogP contribution is -1.92. The zero-order valence-corrected chi connectivity index (χ0v) is 5.02. The molecule has 0 amide bonds. The summed E-state index contributed by atoms with van der Waals surface area (Å²) < 4.78 is 0. The standard InChI is InChI=1S/C5H4N5/c6-4-3-5(9-1-7-3)10-2-8-4/h1-2H,(H2-,6,7,8,9,10)/q-1. The lowest BCUT2D eigenvalue weighted by Gasteiger charge is -1.96. The van der Waals surface area contributed by atoms with Crippen molar-refractivity contribution in [3.05, 3.63) is 12.7 Å². The molecule has 2 heterocycles. The molecular weight excluding hydrogens is 130 g/mol. The van der Waals surface area contributed by atoms with Crippen molar-refractivity contribution >= 4 is 17.0 Å². The third-order valence-electron chi connectivity index (χ3n) is 1.20. The molecule has 0 bridgehead atoms. The number of nitrogens with zero attached hydrogens (tertiary/aromatic N) is 4. The average Bonchev–Trinajstić information content (AvgIpc) is 2.36. The molecule has 0 atom stereocenters. The SMILES string of the molecule is Nc1ncnc2[n-]cnc12. The zero-order valence-electron chi connectivity index (χ0n) is 5.02. The molecule has 2 N–H and O–H groups in total. The van der Waals surface area contributed by atoms with E-state index >= 15 is 0 Å². The minimum Gasteiger partial charge on any atom is -0.383 e. The smallest absolute Gasteiger partial charge is 0.134 e. The molecule has 0 radical (unpaired) electrons. The molecule has 0 aliphatic carbocycles. The van der Waals surface area contributed by atoms with Gasteiger partial charge in [0, 0.05) is 17.5 Å². The number of hydrogen-bond donors (Lipinski definition) is 1. The molecule has 10 heavy (non-hydrogen) atoms. The molecule has 0 fully saturated rings. The third-order valence-corrected chi connectivity index (χ3v) is 1.20. The van der Waals surface area contributed by atoms with Gasteiger partial charge in [-0.05, 0) is 6.33 Å². The summed E-state index contributed by atoms with van der Waals surface area (Å²) in [5.74, 6) is 0.377. The van der Waals surface area contributed by atoms with E-state index in [1.165, 1.54) is 12.7 Å². The summed E-state index contributed by atoms with van der Waals surface area (Å²) in [4.78, 5) is 15.3. The fourth-order valence-corrected chi connectivity index (χ4v) is 0.742. The molecule has 5 heteroatoms. The fraction of sp³-hybridized carbons (Fsp3) is 0. The second-order valence-corrected chi connectivity index (χ2v) is 1.80. The van der Waals surface area contributed by atoms with Gasteiger partial charge in [-0.1, -0.05) is 0 Å². The molecule has 2 aromatic rings. The Bertz CT molecular complexity index is 352. The number of hydrogen-bond acceptors (Lipinski definition) is 4. The Morgan fingerprint density at radius 1 is 1.30 bits per heavy atom. The Kier molecular flexibility index (Phi) is 0.858. The van der Waals surface area contributed by atoms with Crippen molar-refractivity contribution in [2.24, 2.45) is 0 Å². The molecule has 0 unspecified atom stereocenters. The minimum absolute atomic E-state index is 0.377. The monoisotopic (exact) mass is 134 g/mol. The van der Waals surface area contributed by atoms with Crippen molar-refractivity contribution in [1.29, 1.82) is 0 Å². The second kappa shape index (κ2) is 1.66. The first-order chi connectivity index (χ1) is 4.88. The lowest BCUT2D eigenvalue weighted by molar-refractivity contribution is 1.20. The van der Waals surface area contributed by atoms with E-state index in [0.717, 1.165) is 0 Å². The Labute approximate surface area is 56.3 Å². The highest BCUT2D eigenvalue weighted by Gasteiger charge is 1.91. The van der Waals surface area contributed by atoms with Crippen LogP contribution in [-0.4, -0.2) is 15.0 Å². The van der Waals surface area contributed by atoms with E-state index < -0.39 is 0 Å². The molecule has 0 aliphatic rings. The first-order valence-electron chi connectivity index (χ1n) is 2.72. The number of rotatable bonds is 0. The van der Waals surface area contributed by atoms with E-state index in [2.05, 4.69) is 19.9 Å². The van der Waals surface area contributed by atoms with Crippen LogP contribution in [-0.2, 0) is 0 Å². The first kappa shape index (κ1) is 5.16. The molecule has 2 rings (SSSR count). The van der Waals surface area contributed by atoms with Gasteiger partial charge < -0.3 is 20.7 Å². The van der Waals surface area contributed by atoms with E-state index in [1.807, 2.05) is 0 Å². The van der Waals surface area contributed by atoms with Crippen molar-refractivity contribution in [1.82, 2.24) is 19.9 Å². The van der Waals surface area contributed by atoms with Crippen LogP contribution in [0.3, 0.4) is 0 Å². The van der Waals surface area contributed by atoms with Gasteiger partial charge in [-0.25, -0.2) is 4.98 Å². The summed E-state index contributed by atoms with van der Waals surface area (Å²) in [7, 11) is 0. The quantitative estimate of drug-likeness (QED) is 0.528. The van der Waals surface area contributed by atoms with Gasteiger partial charge in [0.1, 0.15) is 5.82 Å². The Morgan fingerprint density at radius 2 is 2.20 bits per heavy atom. The van der Waals surface area contributed by atoms with Crippen LogP contribution in [0.25, 0.3) is 11.2 Å². The summed E-state index contributed by atoms with van der Waals surface area (Å²) >= 11 is 0. The van der Waals surface area contributed by atoms with Crippen molar-refractivity contribution in [3.8, 4) is 0 Å². The van der Waals surface area contributed by atoms with E-state index in [9.17, 15) is 0 Å². The summed E-state index contributed by atoms with van der Waals surface area (Å²) in [6.45, 7) is 0. The van der Waals surface area contributed by atoms with Crippen LogP contribution in [0.15, 0.2) is 12.7 Å². The van der Waals surface area contributed by atoms with Gasteiger partial charge in [-0.15, -0.1) is 0 Å². The predicted molar refractivity (Wildman–Crippen MR) is 35.1 cm³/mol. The Morgan fingerprint density at radius 3 is 3.00 bits per heavy atom. The molecule has 5 nitrogen and oxygen atoms in total. The maximum Gasteiger partial charge on any atom is 0.134 e. The molecular formula is C5H4N5-. The predicted octanol–water partition coefficient (Wildman–Crippen LogP) is -0.436. The molecule has 50 valence electrons. The Hall–Kier alpha value is -1.65.